The lowest BCUT2D eigenvalue weighted by Crippen LogP contribution is -2.43. The summed E-state index contributed by atoms with van der Waals surface area (Å²) in [5.41, 5.74) is 0. The van der Waals surface area contributed by atoms with Crippen LogP contribution >= 0.6 is 0 Å². The fourth-order valence-corrected chi connectivity index (χ4v) is 4.92. The predicted molar refractivity (Wildman–Crippen MR) is 92.3 cm³/mol. The number of hydrogen-bond acceptors (Lipinski definition) is 6. The summed E-state index contributed by atoms with van der Waals surface area (Å²) in [6, 6.07) is 7.89. The number of amides is 1. The van der Waals surface area contributed by atoms with E-state index in [1.54, 1.807) is 18.2 Å². The Hall–Kier alpha value is -1.49. The number of nitrogens with zero attached hydrogens (tertiary/aromatic N) is 1. The van der Waals surface area contributed by atoms with Gasteiger partial charge >= 0.3 is 0 Å². The molecule has 1 amide bonds. The molecule has 1 aliphatic rings. The van der Waals surface area contributed by atoms with Crippen LogP contribution < -0.4 is 5.32 Å². The molecule has 2 rings (SSSR count). The summed E-state index contributed by atoms with van der Waals surface area (Å²) in [6.07, 6.45) is -0.213. The zero-order chi connectivity index (χ0) is 18.3. The molecule has 1 aromatic carbocycles. The molecule has 1 fully saturated rings. The first kappa shape index (κ1) is 19.8. The molecule has 1 heterocycles. The summed E-state index contributed by atoms with van der Waals surface area (Å²) in [7, 11) is -6.97. The molecule has 0 bridgehead atoms. The van der Waals surface area contributed by atoms with E-state index >= 15 is 0 Å². The second-order valence-electron chi connectivity index (χ2n) is 5.56. The van der Waals surface area contributed by atoms with Crippen molar-refractivity contribution < 1.29 is 26.4 Å². The highest BCUT2D eigenvalue weighted by Crippen LogP contribution is 2.11. The van der Waals surface area contributed by atoms with Crippen molar-refractivity contribution >= 4 is 25.8 Å². The molecule has 1 N–H and O–H groups in total. The number of rotatable bonds is 8. The summed E-state index contributed by atoms with van der Waals surface area (Å²) in [4.78, 5) is 11.9. The van der Waals surface area contributed by atoms with Gasteiger partial charge in [0.2, 0.25) is 15.9 Å². The normalized spacial score (nSPS) is 16.5. The summed E-state index contributed by atoms with van der Waals surface area (Å²) < 4.78 is 54.8. The molecule has 0 aromatic heterocycles. The number of nitrogens with one attached hydrogen (secondary N) is 1. The number of morpholine rings is 1. The van der Waals surface area contributed by atoms with Crippen molar-refractivity contribution in [2.45, 2.75) is 11.3 Å². The fourth-order valence-electron chi connectivity index (χ4n) is 2.33. The zero-order valence-corrected chi connectivity index (χ0v) is 15.4. The Kier molecular flexibility index (Phi) is 6.94. The molecule has 0 spiro atoms. The van der Waals surface area contributed by atoms with Gasteiger partial charge in [-0.2, -0.15) is 4.31 Å². The largest absolute Gasteiger partial charge is 0.379 e. The summed E-state index contributed by atoms with van der Waals surface area (Å²) in [6.45, 7) is 1.30. The molecule has 0 atom stereocenters. The second kappa shape index (κ2) is 8.75. The van der Waals surface area contributed by atoms with E-state index in [-0.39, 0.29) is 29.4 Å². The van der Waals surface area contributed by atoms with Gasteiger partial charge < -0.3 is 10.1 Å². The van der Waals surface area contributed by atoms with E-state index in [4.69, 9.17) is 4.74 Å². The van der Waals surface area contributed by atoms with Crippen LogP contribution in [0.1, 0.15) is 6.42 Å². The van der Waals surface area contributed by atoms with Crippen LogP contribution in [-0.4, -0.2) is 71.4 Å². The van der Waals surface area contributed by atoms with Gasteiger partial charge in [0.05, 0.1) is 29.6 Å². The Morgan fingerprint density at radius 2 is 1.68 bits per heavy atom. The van der Waals surface area contributed by atoms with Crippen LogP contribution in [0.2, 0.25) is 0 Å². The molecule has 0 radical (unpaired) electrons. The predicted octanol–water partition coefficient (Wildman–Crippen LogP) is -0.371. The van der Waals surface area contributed by atoms with E-state index in [1.165, 1.54) is 16.4 Å². The molecular formula is C15H22N2O6S2. The van der Waals surface area contributed by atoms with Gasteiger partial charge in [-0.1, -0.05) is 18.2 Å². The van der Waals surface area contributed by atoms with Crippen LogP contribution in [0, 0.1) is 0 Å². The number of hydrogen-bond donors (Lipinski definition) is 1. The van der Waals surface area contributed by atoms with Gasteiger partial charge in [0.15, 0.2) is 9.84 Å². The van der Waals surface area contributed by atoms with Crippen LogP contribution in [0.25, 0.3) is 0 Å². The van der Waals surface area contributed by atoms with Gasteiger partial charge in [-0.05, 0) is 12.1 Å². The van der Waals surface area contributed by atoms with Gasteiger partial charge in [0.1, 0.15) is 0 Å². The third kappa shape index (κ3) is 6.07. The molecule has 25 heavy (non-hydrogen) atoms. The van der Waals surface area contributed by atoms with E-state index in [1.807, 2.05) is 0 Å². The lowest BCUT2D eigenvalue weighted by Gasteiger charge is -2.26. The SMILES string of the molecule is O=C(CCS(=O)(=O)c1ccccc1)NCCS(=O)(=O)N1CCOCC1. The third-order valence-electron chi connectivity index (χ3n) is 3.75. The minimum Gasteiger partial charge on any atom is -0.379 e. The Balaban J connectivity index is 1.75. The average Bonchev–Trinajstić information content (AvgIpc) is 2.61. The van der Waals surface area contributed by atoms with Crippen LogP contribution in [0.4, 0.5) is 0 Å². The van der Waals surface area contributed by atoms with Gasteiger partial charge in [-0.15, -0.1) is 0 Å². The topological polar surface area (TPSA) is 110 Å². The number of carbonyl (C=O) groups excluding carboxylic acids is 1. The van der Waals surface area contributed by atoms with Crippen molar-refractivity contribution in [3.05, 3.63) is 30.3 Å². The van der Waals surface area contributed by atoms with E-state index in [0.29, 0.717) is 26.3 Å². The molecule has 8 nitrogen and oxygen atoms in total. The van der Waals surface area contributed by atoms with Crippen LogP contribution in [0.5, 0.6) is 0 Å². The van der Waals surface area contributed by atoms with E-state index in [0.717, 1.165) is 0 Å². The maximum atomic E-state index is 12.1. The van der Waals surface area contributed by atoms with Gasteiger partial charge in [0.25, 0.3) is 0 Å². The van der Waals surface area contributed by atoms with E-state index < -0.39 is 25.8 Å². The maximum absolute atomic E-state index is 12.1. The Morgan fingerprint density at radius 1 is 1.04 bits per heavy atom. The molecule has 0 saturated carbocycles. The lowest BCUT2D eigenvalue weighted by atomic mass is 10.4. The standard InChI is InChI=1S/C15H22N2O6S2/c18-15(6-12-24(19,20)14-4-2-1-3-5-14)16-7-13-25(21,22)17-8-10-23-11-9-17/h1-5H,6-13H2,(H,16,18). The Labute approximate surface area is 148 Å². The minimum atomic E-state index is -3.53. The Morgan fingerprint density at radius 3 is 2.32 bits per heavy atom. The quantitative estimate of drug-likeness (QED) is 0.648. The van der Waals surface area contributed by atoms with Crippen molar-refractivity contribution in [3.8, 4) is 0 Å². The highest BCUT2D eigenvalue weighted by molar-refractivity contribution is 7.91. The Bertz CT molecular complexity index is 771. The smallest absolute Gasteiger partial charge is 0.221 e. The number of carbonyl (C=O) groups is 1. The van der Waals surface area contributed by atoms with Gasteiger partial charge in [-0.3, -0.25) is 4.79 Å². The molecule has 0 unspecified atom stereocenters. The third-order valence-corrected chi connectivity index (χ3v) is 7.35. The number of benzene rings is 1. The number of ether oxygens (including phenoxy) is 1. The van der Waals surface area contributed by atoms with Crippen molar-refractivity contribution in [3.63, 3.8) is 0 Å². The molecule has 1 saturated heterocycles. The van der Waals surface area contributed by atoms with Crippen molar-refractivity contribution in [1.29, 1.82) is 0 Å². The van der Waals surface area contributed by atoms with E-state index in [2.05, 4.69) is 5.32 Å². The van der Waals surface area contributed by atoms with Gasteiger partial charge in [-0.25, -0.2) is 16.8 Å². The molecule has 1 aliphatic heterocycles. The molecule has 1 aromatic rings. The molecular weight excluding hydrogens is 368 g/mol. The van der Waals surface area contributed by atoms with Crippen molar-refractivity contribution in [2.24, 2.45) is 0 Å². The van der Waals surface area contributed by atoms with Crippen LogP contribution in [0.3, 0.4) is 0 Å². The van der Waals surface area contributed by atoms with Crippen LogP contribution in [-0.2, 0) is 29.4 Å². The fraction of sp³-hybridized carbons (Fsp3) is 0.533. The summed E-state index contributed by atoms with van der Waals surface area (Å²) in [5.74, 6) is -1.03. The monoisotopic (exact) mass is 390 g/mol. The second-order valence-corrected chi connectivity index (χ2v) is 9.76. The zero-order valence-electron chi connectivity index (χ0n) is 13.8. The van der Waals surface area contributed by atoms with E-state index in [9.17, 15) is 21.6 Å². The highest BCUT2D eigenvalue weighted by atomic mass is 32.2. The lowest BCUT2D eigenvalue weighted by molar-refractivity contribution is -0.120. The van der Waals surface area contributed by atoms with Crippen molar-refractivity contribution in [1.82, 2.24) is 9.62 Å². The first-order valence-electron chi connectivity index (χ1n) is 7.91. The summed E-state index contributed by atoms with van der Waals surface area (Å²) >= 11 is 0. The molecule has 10 heteroatoms. The van der Waals surface area contributed by atoms with Gasteiger partial charge in [0, 0.05) is 26.1 Å². The highest BCUT2D eigenvalue weighted by Gasteiger charge is 2.24. The average molecular weight is 390 g/mol. The first-order valence-corrected chi connectivity index (χ1v) is 11.2. The van der Waals surface area contributed by atoms with Crippen LogP contribution in [0.15, 0.2) is 35.2 Å². The summed E-state index contributed by atoms with van der Waals surface area (Å²) in [5, 5.41) is 2.46. The molecule has 140 valence electrons. The maximum Gasteiger partial charge on any atom is 0.221 e. The minimum absolute atomic E-state index is 0.0517. The van der Waals surface area contributed by atoms with Crippen molar-refractivity contribution in [2.75, 3.05) is 44.4 Å². The molecule has 0 aliphatic carbocycles. The number of sulfonamides is 1. The number of sulfone groups is 1. The first-order chi connectivity index (χ1) is 11.8.